The molecule has 0 saturated carbocycles. The summed E-state index contributed by atoms with van der Waals surface area (Å²) in [5.74, 6) is -3.06. The largest absolute Gasteiger partial charge is 0.323 e. The Morgan fingerprint density at radius 2 is 2.20 bits per heavy atom. The molecule has 0 aliphatic rings. The second-order valence-electron chi connectivity index (χ2n) is 2.58. The zero-order valence-corrected chi connectivity index (χ0v) is 8.11. The summed E-state index contributed by atoms with van der Waals surface area (Å²) in [5, 5.41) is 10.5. The lowest BCUT2D eigenvalue weighted by atomic mass is 10.2. The van der Waals surface area contributed by atoms with E-state index in [-0.39, 0.29) is 11.6 Å². The Hall–Kier alpha value is -1.67. The number of alkyl halides is 1. The molecule has 1 aromatic rings. The molecule has 1 N–H and O–H groups in total. The summed E-state index contributed by atoms with van der Waals surface area (Å²) in [6, 6.07) is 3.28. The van der Waals surface area contributed by atoms with Crippen molar-refractivity contribution in [3.05, 3.63) is 29.3 Å². The molecule has 0 radical (unpaired) electrons. The number of nitrogens with zero attached hydrogens (tertiary/aromatic N) is 1. The lowest BCUT2D eigenvalue weighted by Gasteiger charge is -2.05. The number of halogens is 3. The number of carbonyl (C=O) groups is 1. The van der Waals surface area contributed by atoms with Crippen LogP contribution in [0.4, 0.5) is 14.5 Å². The first kappa shape index (κ1) is 11.4. The van der Waals surface area contributed by atoms with Crippen molar-refractivity contribution in [2.45, 2.75) is 0 Å². The maximum absolute atomic E-state index is 13.3. The van der Waals surface area contributed by atoms with E-state index in [9.17, 15) is 13.6 Å². The highest BCUT2D eigenvalue weighted by Gasteiger charge is 2.14. The van der Waals surface area contributed by atoms with Crippen molar-refractivity contribution in [1.29, 1.82) is 5.26 Å². The SMILES string of the molecule is N#Cc1c(F)ccc(NC(=O)CCl)c1F. The lowest BCUT2D eigenvalue weighted by Crippen LogP contribution is -2.14. The average molecular weight is 231 g/mol. The molecule has 0 aromatic heterocycles. The number of hydrogen-bond acceptors (Lipinski definition) is 2. The van der Waals surface area contributed by atoms with Gasteiger partial charge in [-0.2, -0.15) is 5.26 Å². The number of amides is 1. The van der Waals surface area contributed by atoms with E-state index >= 15 is 0 Å². The van der Waals surface area contributed by atoms with Crippen LogP contribution >= 0.6 is 11.6 Å². The van der Waals surface area contributed by atoms with E-state index in [0.29, 0.717) is 0 Å². The quantitative estimate of drug-likeness (QED) is 0.791. The number of benzene rings is 1. The highest BCUT2D eigenvalue weighted by Crippen LogP contribution is 2.20. The van der Waals surface area contributed by atoms with E-state index in [1.807, 2.05) is 0 Å². The van der Waals surface area contributed by atoms with E-state index in [1.54, 1.807) is 0 Å². The van der Waals surface area contributed by atoms with Crippen molar-refractivity contribution in [2.75, 3.05) is 11.2 Å². The minimum absolute atomic E-state index is 0.265. The Labute approximate surface area is 89.3 Å². The van der Waals surface area contributed by atoms with Crippen molar-refractivity contribution in [3.63, 3.8) is 0 Å². The molecule has 0 saturated heterocycles. The third-order valence-corrected chi connectivity index (χ3v) is 1.84. The highest BCUT2D eigenvalue weighted by molar-refractivity contribution is 6.29. The molecule has 1 amide bonds. The van der Waals surface area contributed by atoms with E-state index in [1.165, 1.54) is 6.07 Å². The highest BCUT2D eigenvalue weighted by atomic mass is 35.5. The average Bonchev–Trinajstić information content (AvgIpc) is 2.23. The molecule has 6 heteroatoms. The standard InChI is InChI=1S/C9H5ClF2N2O/c10-3-8(15)14-7-2-1-6(11)5(4-13)9(7)12/h1-2H,3H2,(H,14,15). The summed E-state index contributed by atoms with van der Waals surface area (Å²) in [4.78, 5) is 10.8. The minimum atomic E-state index is -1.10. The van der Waals surface area contributed by atoms with Gasteiger partial charge in [-0.15, -0.1) is 11.6 Å². The van der Waals surface area contributed by atoms with Gasteiger partial charge in [0, 0.05) is 0 Å². The number of anilines is 1. The molecule has 3 nitrogen and oxygen atoms in total. The Morgan fingerprint density at radius 3 is 2.73 bits per heavy atom. The third kappa shape index (κ3) is 2.42. The molecular formula is C9H5ClF2N2O. The van der Waals surface area contributed by atoms with Crippen molar-refractivity contribution in [1.82, 2.24) is 0 Å². The molecule has 0 unspecified atom stereocenters. The van der Waals surface area contributed by atoms with Crippen LogP contribution in [0.2, 0.25) is 0 Å². The van der Waals surface area contributed by atoms with Gasteiger partial charge in [0.1, 0.15) is 23.3 Å². The van der Waals surface area contributed by atoms with Gasteiger partial charge in [-0.05, 0) is 12.1 Å². The smallest absolute Gasteiger partial charge is 0.239 e. The fourth-order valence-electron chi connectivity index (χ4n) is 0.935. The van der Waals surface area contributed by atoms with Crippen LogP contribution in [0.3, 0.4) is 0 Å². The maximum atomic E-state index is 13.3. The van der Waals surface area contributed by atoms with Gasteiger partial charge in [0.05, 0.1) is 5.69 Å². The predicted octanol–water partition coefficient (Wildman–Crippen LogP) is 2.01. The van der Waals surface area contributed by atoms with Crippen LogP contribution in [0.1, 0.15) is 5.56 Å². The Balaban J connectivity index is 3.12. The molecule has 0 atom stereocenters. The first-order valence-electron chi connectivity index (χ1n) is 3.84. The molecule has 1 rings (SSSR count). The molecule has 0 spiro atoms. The predicted molar refractivity (Wildman–Crippen MR) is 50.4 cm³/mol. The molecule has 0 fully saturated rings. The van der Waals surface area contributed by atoms with Crippen molar-refractivity contribution >= 4 is 23.2 Å². The van der Waals surface area contributed by atoms with E-state index < -0.39 is 23.1 Å². The van der Waals surface area contributed by atoms with Crippen molar-refractivity contribution in [3.8, 4) is 6.07 Å². The van der Waals surface area contributed by atoms with Gasteiger partial charge in [-0.25, -0.2) is 8.78 Å². The van der Waals surface area contributed by atoms with Crippen LogP contribution < -0.4 is 5.32 Å². The van der Waals surface area contributed by atoms with Gasteiger partial charge in [-0.1, -0.05) is 0 Å². The zero-order valence-electron chi connectivity index (χ0n) is 7.35. The van der Waals surface area contributed by atoms with Crippen LogP contribution in [-0.4, -0.2) is 11.8 Å². The van der Waals surface area contributed by atoms with Crippen LogP contribution in [0.15, 0.2) is 12.1 Å². The third-order valence-electron chi connectivity index (χ3n) is 1.60. The van der Waals surface area contributed by atoms with Gasteiger partial charge in [-0.3, -0.25) is 4.79 Å². The monoisotopic (exact) mass is 230 g/mol. The maximum Gasteiger partial charge on any atom is 0.239 e. The number of rotatable bonds is 2. The van der Waals surface area contributed by atoms with Crippen molar-refractivity contribution in [2.24, 2.45) is 0 Å². The summed E-state index contributed by atoms with van der Waals surface area (Å²) in [5.41, 5.74) is -0.999. The normalized spacial score (nSPS) is 9.47. The Morgan fingerprint density at radius 1 is 1.53 bits per heavy atom. The summed E-state index contributed by atoms with van der Waals surface area (Å²) in [6.45, 7) is 0. The lowest BCUT2D eigenvalue weighted by molar-refractivity contribution is -0.113. The minimum Gasteiger partial charge on any atom is -0.323 e. The Kier molecular flexibility index (Phi) is 3.58. The van der Waals surface area contributed by atoms with Gasteiger partial charge in [0.15, 0.2) is 5.82 Å². The molecule has 1 aromatic carbocycles. The molecule has 15 heavy (non-hydrogen) atoms. The molecular weight excluding hydrogens is 226 g/mol. The fraction of sp³-hybridized carbons (Fsp3) is 0.111. The van der Waals surface area contributed by atoms with E-state index in [4.69, 9.17) is 16.9 Å². The van der Waals surface area contributed by atoms with Crippen LogP contribution in [-0.2, 0) is 4.79 Å². The molecule has 0 aliphatic carbocycles. The number of hydrogen-bond donors (Lipinski definition) is 1. The first-order chi connectivity index (χ1) is 7.10. The summed E-state index contributed by atoms with van der Waals surface area (Å²) in [7, 11) is 0. The van der Waals surface area contributed by atoms with Gasteiger partial charge < -0.3 is 5.32 Å². The second kappa shape index (κ2) is 4.71. The van der Waals surface area contributed by atoms with Crippen LogP contribution in [0, 0.1) is 23.0 Å². The molecule has 0 bridgehead atoms. The summed E-state index contributed by atoms with van der Waals surface area (Å²) >= 11 is 5.19. The number of carbonyl (C=O) groups excluding carboxylic acids is 1. The second-order valence-corrected chi connectivity index (χ2v) is 2.84. The number of nitrogens with one attached hydrogen (secondary N) is 1. The van der Waals surface area contributed by atoms with Gasteiger partial charge in [0.2, 0.25) is 5.91 Å². The van der Waals surface area contributed by atoms with E-state index in [0.717, 1.165) is 12.1 Å². The Bertz CT molecular complexity index is 442. The number of nitriles is 1. The topological polar surface area (TPSA) is 52.9 Å². The summed E-state index contributed by atoms with van der Waals surface area (Å²) < 4.78 is 26.2. The van der Waals surface area contributed by atoms with Crippen molar-refractivity contribution < 1.29 is 13.6 Å². The van der Waals surface area contributed by atoms with Gasteiger partial charge >= 0.3 is 0 Å². The molecule has 0 heterocycles. The molecule has 78 valence electrons. The van der Waals surface area contributed by atoms with Crippen LogP contribution in [0.5, 0.6) is 0 Å². The zero-order chi connectivity index (χ0) is 11.4. The van der Waals surface area contributed by atoms with Gasteiger partial charge in [0.25, 0.3) is 0 Å². The summed E-state index contributed by atoms with van der Waals surface area (Å²) in [6.07, 6.45) is 0. The first-order valence-corrected chi connectivity index (χ1v) is 4.37. The van der Waals surface area contributed by atoms with Crippen LogP contribution in [0.25, 0.3) is 0 Å². The fourth-order valence-corrected chi connectivity index (χ4v) is 1.00. The molecule has 0 aliphatic heterocycles. The van der Waals surface area contributed by atoms with E-state index in [2.05, 4.69) is 5.32 Å².